The van der Waals surface area contributed by atoms with Crippen molar-refractivity contribution in [2.75, 3.05) is 6.54 Å². The third-order valence-corrected chi connectivity index (χ3v) is 5.76. The number of rotatable bonds is 8. The summed E-state index contributed by atoms with van der Waals surface area (Å²) in [5, 5.41) is 12.1. The molecule has 33 heavy (non-hydrogen) atoms. The van der Waals surface area contributed by atoms with Gasteiger partial charge in [-0.25, -0.2) is 28.0 Å². The Kier molecular flexibility index (Phi) is 7.24. The third kappa shape index (κ3) is 6.24. The van der Waals surface area contributed by atoms with E-state index in [-0.39, 0.29) is 17.0 Å². The van der Waals surface area contributed by atoms with Crippen LogP contribution in [0.5, 0.6) is 0 Å². The molecule has 0 saturated heterocycles. The number of aromatic nitrogens is 3. The molecule has 1 atom stereocenters. The molecule has 174 valence electrons. The van der Waals surface area contributed by atoms with Crippen molar-refractivity contribution in [1.82, 2.24) is 20.1 Å². The minimum Gasteiger partial charge on any atom is -0.449 e. The predicted octanol–water partition coefficient (Wildman–Crippen LogP) is 1.44. The number of carbonyl (C=O) groups excluding carboxylic acids is 2. The number of carbonyl (C=O) groups is 2. The van der Waals surface area contributed by atoms with Gasteiger partial charge in [-0.3, -0.25) is 4.79 Å². The number of ether oxygens (including phenoxy) is 1. The molecular formula is C22H25N5O5S. The number of esters is 1. The van der Waals surface area contributed by atoms with Crippen LogP contribution in [0.2, 0.25) is 0 Å². The van der Waals surface area contributed by atoms with Gasteiger partial charge in [0.05, 0.1) is 16.2 Å². The second-order valence-corrected chi connectivity index (χ2v) is 9.08. The molecule has 10 nitrogen and oxygen atoms in total. The van der Waals surface area contributed by atoms with E-state index in [4.69, 9.17) is 9.88 Å². The van der Waals surface area contributed by atoms with Gasteiger partial charge in [0.1, 0.15) is 0 Å². The lowest BCUT2D eigenvalue weighted by molar-refractivity contribution is -0.129. The minimum absolute atomic E-state index is 0.0215. The summed E-state index contributed by atoms with van der Waals surface area (Å²) >= 11 is 0. The number of nitrogens with one attached hydrogen (secondary N) is 1. The molecule has 2 heterocycles. The maximum absolute atomic E-state index is 12.4. The Morgan fingerprint density at radius 3 is 2.39 bits per heavy atom. The number of hydrogen-bond donors (Lipinski definition) is 2. The monoisotopic (exact) mass is 471 g/mol. The molecule has 1 aromatic carbocycles. The maximum Gasteiger partial charge on any atom is 0.340 e. The van der Waals surface area contributed by atoms with E-state index in [1.165, 1.54) is 25.3 Å². The summed E-state index contributed by atoms with van der Waals surface area (Å²) in [7, 11) is -3.74. The highest BCUT2D eigenvalue weighted by Gasteiger charge is 2.19. The van der Waals surface area contributed by atoms with E-state index in [0.29, 0.717) is 12.2 Å². The molecule has 1 amide bonds. The second-order valence-electron chi connectivity index (χ2n) is 7.52. The van der Waals surface area contributed by atoms with Crippen molar-refractivity contribution in [2.24, 2.45) is 5.14 Å². The largest absolute Gasteiger partial charge is 0.449 e. The standard InChI is InChI=1S/C22H25N5O5S/c1-14-12-15(2)27(26-14)20-9-6-18(13-25-20)22(29)32-16(3)21(28)24-11-10-17-4-7-19(8-5-17)33(23,30)31/h4-9,12-13,16H,10-11H2,1-3H3,(H,24,28)(H2,23,30,31). The van der Waals surface area contributed by atoms with Gasteiger partial charge in [-0.1, -0.05) is 12.1 Å². The van der Waals surface area contributed by atoms with Crippen molar-refractivity contribution < 1.29 is 22.7 Å². The normalized spacial score (nSPS) is 12.2. The van der Waals surface area contributed by atoms with Crippen molar-refractivity contribution in [3.63, 3.8) is 0 Å². The van der Waals surface area contributed by atoms with E-state index < -0.39 is 28.0 Å². The number of aryl methyl sites for hydroxylation is 2. The van der Waals surface area contributed by atoms with E-state index in [0.717, 1.165) is 17.0 Å². The van der Waals surface area contributed by atoms with Crippen LogP contribution in [-0.2, 0) is 26.0 Å². The first-order valence-corrected chi connectivity index (χ1v) is 11.7. The Morgan fingerprint density at radius 1 is 1.15 bits per heavy atom. The van der Waals surface area contributed by atoms with Crippen LogP contribution < -0.4 is 10.5 Å². The fourth-order valence-electron chi connectivity index (χ4n) is 3.09. The van der Waals surface area contributed by atoms with Crippen LogP contribution in [0.1, 0.15) is 34.2 Å². The van der Waals surface area contributed by atoms with Crippen LogP contribution in [-0.4, -0.2) is 47.7 Å². The molecule has 2 aromatic heterocycles. The van der Waals surface area contributed by atoms with Gasteiger partial charge in [-0.15, -0.1) is 0 Å². The quantitative estimate of drug-likeness (QED) is 0.473. The fraction of sp³-hybridized carbons (Fsp3) is 0.273. The lowest BCUT2D eigenvalue weighted by atomic mass is 10.1. The topological polar surface area (TPSA) is 146 Å². The highest BCUT2D eigenvalue weighted by atomic mass is 32.2. The fourth-order valence-corrected chi connectivity index (χ4v) is 3.61. The Hall–Kier alpha value is -3.57. The molecule has 0 aliphatic carbocycles. The molecule has 1 unspecified atom stereocenters. The average Bonchev–Trinajstić information content (AvgIpc) is 3.11. The van der Waals surface area contributed by atoms with E-state index in [2.05, 4.69) is 15.4 Å². The number of hydrogen-bond acceptors (Lipinski definition) is 7. The van der Waals surface area contributed by atoms with Gasteiger partial charge in [0, 0.05) is 18.4 Å². The molecule has 0 fully saturated rings. The second kappa shape index (κ2) is 9.92. The third-order valence-electron chi connectivity index (χ3n) is 4.83. The number of amides is 1. The van der Waals surface area contributed by atoms with Crippen molar-refractivity contribution >= 4 is 21.9 Å². The summed E-state index contributed by atoms with van der Waals surface area (Å²) in [6.07, 6.45) is 0.844. The van der Waals surface area contributed by atoms with E-state index >= 15 is 0 Å². The molecule has 3 aromatic rings. The van der Waals surface area contributed by atoms with E-state index in [9.17, 15) is 18.0 Å². The van der Waals surface area contributed by atoms with Crippen LogP contribution in [0.3, 0.4) is 0 Å². The van der Waals surface area contributed by atoms with Crippen molar-refractivity contribution in [3.8, 4) is 5.82 Å². The summed E-state index contributed by atoms with van der Waals surface area (Å²) in [4.78, 5) is 28.9. The van der Waals surface area contributed by atoms with Gasteiger partial charge in [-0.2, -0.15) is 5.10 Å². The molecule has 0 radical (unpaired) electrons. The number of nitrogens with two attached hydrogens (primary N) is 1. The Bertz CT molecular complexity index is 1250. The number of sulfonamides is 1. The van der Waals surface area contributed by atoms with E-state index in [1.54, 1.807) is 28.9 Å². The number of benzene rings is 1. The molecule has 0 bridgehead atoms. The van der Waals surface area contributed by atoms with Crippen LogP contribution in [0.15, 0.2) is 53.6 Å². The molecule has 0 aliphatic rings. The maximum atomic E-state index is 12.4. The Morgan fingerprint density at radius 2 is 1.85 bits per heavy atom. The molecule has 3 rings (SSSR count). The van der Waals surface area contributed by atoms with Gasteiger partial charge >= 0.3 is 5.97 Å². The zero-order chi connectivity index (χ0) is 24.2. The first-order valence-electron chi connectivity index (χ1n) is 10.1. The van der Waals surface area contributed by atoms with Crippen molar-refractivity contribution in [3.05, 3.63) is 71.2 Å². The van der Waals surface area contributed by atoms with E-state index in [1.807, 2.05) is 19.9 Å². The predicted molar refractivity (Wildman–Crippen MR) is 120 cm³/mol. The number of nitrogens with zero attached hydrogens (tertiary/aromatic N) is 3. The summed E-state index contributed by atoms with van der Waals surface area (Å²) < 4.78 is 29.5. The van der Waals surface area contributed by atoms with Crippen LogP contribution in [0, 0.1) is 13.8 Å². The lowest BCUT2D eigenvalue weighted by Gasteiger charge is -2.14. The smallest absolute Gasteiger partial charge is 0.340 e. The summed E-state index contributed by atoms with van der Waals surface area (Å²) in [5.74, 6) is -0.541. The molecule has 11 heteroatoms. The minimum atomic E-state index is -3.74. The summed E-state index contributed by atoms with van der Waals surface area (Å²) in [6.45, 7) is 5.55. The number of pyridine rings is 1. The first-order chi connectivity index (χ1) is 15.5. The van der Waals surface area contributed by atoms with Crippen LogP contribution in [0.4, 0.5) is 0 Å². The zero-order valence-corrected chi connectivity index (χ0v) is 19.3. The Labute approximate surface area is 191 Å². The van der Waals surface area contributed by atoms with Gasteiger partial charge in [0.2, 0.25) is 10.0 Å². The first kappa shape index (κ1) is 24.1. The highest BCUT2D eigenvalue weighted by molar-refractivity contribution is 7.89. The number of primary sulfonamides is 1. The van der Waals surface area contributed by atoms with Gasteiger partial charge < -0.3 is 10.1 Å². The Balaban J connectivity index is 1.50. The van der Waals surface area contributed by atoms with Crippen molar-refractivity contribution in [1.29, 1.82) is 0 Å². The average molecular weight is 472 g/mol. The SMILES string of the molecule is Cc1cc(C)n(-c2ccc(C(=O)OC(C)C(=O)NCCc3ccc(S(N)(=O)=O)cc3)cn2)n1. The van der Waals surface area contributed by atoms with Gasteiger partial charge in [0.15, 0.2) is 11.9 Å². The summed E-state index contributed by atoms with van der Waals surface area (Å²) in [5.41, 5.74) is 2.81. The van der Waals surface area contributed by atoms with Crippen LogP contribution in [0.25, 0.3) is 5.82 Å². The molecule has 0 spiro atoms. The summed E-state index contributed by atoms with van der Waals surface area (Å²) in [6, 6.07) is 11.2. The van der Waals surface area contributed by atoms with Crippen LogP contribution >= 0.6 is 0 Å². The van der Waals surface area contributed by atoms with Gasteiger partial charge in [0.25, 0.3) is 5.91 Å². The molecule has 0 saturated carbocycles. The lowest BCUT2D eigenvalue weighted by Crippen LogP contribution is -2.36. The highest BCUT2D eigenvalue weighted by Crippen LogP contribution is 2.12. The molecule has 0 aliphatic heterocycles. The van der Waals surface area contributed by atoms with Crippen molar-refractivity contribution in [2.45, 2.75) is 38.2 Å². The zero-order valence-electron chi connectivity index (χ0n) is 18.5. The van der Waals surface area contributed by atoms with Gasteiger partial charge in [-0.05, 0) is 63.1 Å². The molecular weight excluding hydrogens is 446 g/mol. The molecule has 3 N–H and O–H groups in total.